The van der Waals surface area contributed by atoms with Gasteiger partial charge in [0.05, 0.1) is 6.61 Å². The summed E-state index contributed by atoms with van der Waals surface area (Å²) in [4.78, 5) is 0. The largest absolute Gasteiger partial charge is 0.392 e. The Morgan fingerprint density at radius 2 is 1.84 bits per heavy atom. The van der Waals surface area contributed by atoms with Gasteiger partial charge >= 0.3 is 0 Å². The normalized spacial score (nSPS) is 44.0. The first-order valence-electron chi connectivity index (χ1n) is 13.7. The van der Waals surface area contributed by atoms with Crippen molar-refractivity contribution in [2.75, 3.05) is 6.61 Å². The van der Waals surface area contributed by atoms with Crippen LogP contribution < -0.4 is 0 Å². The van der Waals surface area contributed by atoms with Crippen molar-refractivity contribution in [2.45, 2.75) is 112 Å². The van der Waals surface area contributed by atoms with Crippen LogP contribution in [-0.4, -0.2) is 11.7 Å². The highest BCUT2D eigenvalue weighted by atomic mass is 16.3. The Labute approximate surface area is 193 Å². The first-order chi connectivity index (χ1) is 14.8. The van der Waals surface area contributed by atoms with E-state index in [9.17, 15) is 5.11 Å². The number of aliphatic hydroxyl groups excluding tert-OH is 1. The number of allylic oxidation sites excluding steroid dienone is 3. The summed E-state index contributed by atoms with van der Waals surface area (Å²) in [6.45, 7) is 15.0. The van der Waals surface area contributed by atoms with E-state index in [1.54, 1.807) is 0 Å². The smallest absolute Gasteiger partial charge is 0.0641 e. The Bertz CT molecular complexity index is 716. The molecule has 4 aliphatic carbocycles. The zero-order valence-electron chi connectivity index (χ0n) is 21.5. The molecule has 3 fully saturated rings. The van der Waals surface area contributed by atoms with Crippen molar-refractivity contribution >= 4 is 0 Å². The monoisotopic (exact) mass is 426 g/mol. The maximum atomic E-state index is 9.57. The zero-order chi connectivity index (χ0) is 22.4. The average Bonchev–Trinajstić information content (AvgIpc) is 3.11. The fraction of sp³-hybridized carbons (Fsp3) is 0.867. The third kappa shape index (κ3) is 3.89. The molecule has 0 spiro atoms. The quantitative estimate of drug-likeness (QED) is 0.423. The summed E-state index contributed by atoms with van der Waals surface area (Å²) in [5.74, 6) is 5.26. The van der Waals surface area contributed by atoms with Gasteiger partial charge in [-0.2, -0.15) is 0 Å². The summed E-state index contributed by atoms with van der Waals surface area (Å²) in [5, 5.41) is 9.57. The van der Waals surface area contributed by atoms with E-state index in [2.05, 4.69) is 47.6 Å². The molecule has 0 amide bonds. The number of aliphatic hydroxyl groups is 1. The van der Waals surface area contributed by atoms with E-state index in [1.807, 2.05) is 5.57 Å². The maximum Gasteiger partial charge on any atom is 0.0641 e. The van der Waals surface area contributed by atoms with Gasteiger partial charge in [0.25, 0.3) is 0 Å². The Morgan fingerprint density at radius 3 is 2.55 bits per heavy atom. The van der Waals surface area contributed by atoms with E-state index >= 15 is 0 Å². The molecule has 176 valence electrons. The molecule has 0 aliphatic heterocycles. The van der Waals surface area contributed by atoms with Crippen molar-refractivity contribution < 1.29 is 5.11 Å². The van der Waals surface area contributed by atoms with Crippen LogP contribution in [0.5, 0.6) is 0 Å². The van der Waals surface area contributed by atoms with Crippen molar-refractivity contribution in [1.82, 2.24) is 0 Å². The highest BCUT2D eigenvalue weighted by molar-refractivity contribution is 5.28. The summed E-state index contributed by atoms with van der Waals surface area (Å²) < 4.78 is 0. The molecule has 8 atom stereocenters. The lowest BCUT2D eigenvalue weighted by Gasteiger charge is -2.58. The molecule has 31 heavy (non-hydrogen) atoms. The van der Waals surface area contributed by atoms with Crippen LogP contribution in [0.2, 0.25) is 0 Å². The van der Waals surface area contributed by atoms with Gasteiger partial charge in [-0.1, -0.05) is 64.7 Å². The van der Waals surface area contributed by atoms with Gasteiger partial charge in [0.15, 0.2) is 0 Å². The minimum atomic E-state index is 0.231. The van der Waals surface area contributed by atoms with Crippen LogP contribution in [-0.2, 0) is 0 Å². The van der Waals surface area contributed by atoms with Crippen molar-refractivity contribution in [3.8, 4) is 0 Å². The molecule has 1 N–H and O–H groups in total. The van der Waals surface area contributed by atoms with Crippen LogP contribution in [0.1, 0.15) is 112 Å². The van der Waals surface area contributed by atoms with Crippen LogP contribution in [0, 0.1) is 46.3 Å². The lowest BCUT2D eigenvalue weighted by atomic mass is 9.46. The van der Waals surface area contributed by atoms with E-state index in [-0.39, 0.29) is 6.61 Å². The summed E-state index contributed by atoms with van der Waals surface area (Å²) in [5.41, 5.74) is 5.73. The molecule has 1 heteroatoms. The van der Waals surface area contributed by atoms with E-state index < -0.39 is 0 Å². The van der Waals surface area contributed by atoms with Gasteiger partial charge in [0.1, 0.15) is 0 Å². The Morgan fingerprint density at radius 1 is 1.10 bits per heavy atom. The van der Waals surface area contributed by atoms with Gasteiger partial charge in [0.2, 0.25) is 0 Å². The molecule has 0 heterocycles. The molecule has 0 aromatic rings. The first kappa shape index (κ1) is 23.6. The van der Waals surface area contributed by atoms with Crippen molar-refractivity contribution in [1.29, 1.82) is 0 Å². The standard InChI is InChI=1S/C30H50O/c1-7-23(22(4)19-31)11-10-21(3)26-14-15-27-24-12-13-25-20(2)9-8-17-29(25,5)28(24)16-18-30(26,27)6/h12,20-21,25-28,31H,7-11,13-19H2,1-6H3/t20-,21-,25?,26-,27+,28+,29+,30-/m1/s1. The molecule has 0 aromatic carbocycles. The SMILES string of the molecule is CCC(CC[C@@H](C)[C@H]1CC[C@H]2C3=CCC4[C@H](C)CCC[C@]4(C)[C@H]3CC[C@]12C)=C(C)CO. The number of hydrogen-bond acceptors (Lipinski definition) is 1. The van der Waals surface area contributed by atoms with Crippen molar-refractivity contribution in [2.24, 2.45) is 46.3 Å². The Balaban J connectivity index is 1.50. The molecule has 0 radical (unpaired) electrons. The molecule has 1 nitrogen and oxygen atoms in total. The molecule has 0 bridgehead atoms. The third-order valence-electron chi connectivity index (χ3n) is 11.4. The van der Waals surface area contributed by atoms with Crippen LogP contribution in [0.25, 0.3) is 0 Å². The lowest BCUT2D eigenvalue weighted by molar-refractivity contribution is -0.0285. The van der Waals surface area contributed by atoms with E-state index in [1.165, 1.54) is 75.4 Å². The van der Waals surface area contributed by atoms with Gasteiger partial charge in [0, 0.05) is 0 Å². The highest BCUT2D eigenvalue weighted by Gasteiger charge is 2.58. The minimum absolute atomic E-state index is 0.231. The second-order valence-corrected chi connectivity index (χ2v) is 12.7. The fourth-order valence-corrected chi connectivity index (χ4v) is 9.41. The number of hydrogen-bond donors (Lipinski definition) is 1. The summed E-state index contributed by atoms with van der Waals surface area (Å²) in [6.07, 6.45) is 17.9. The molecular formula is C30H50O. The van der Waals surface area contributed by atoms with E-state index in [4.69, 9.17) is 0 Å². The molecule has 1 unspecified atom stereocenters. The zero-order valence-corrected chi connectivity index (χ0v) is 21.5. The van der Waals surface area contributed by atoms with Crippen LogP contribution in [0.4, 0.5) is 0 Å². The maximum absolute atomic E-state index is 9.57. The average molecular weight is 427 g/mol. The number of rotatable bonds is 6. The second-order valence-electron chi connectivity index (χ2n) is 12.7. The van der Waals surface area contributed by atoms with Gasteiger partial charge in [-0.3, -0.25) is 0 Å². The van der Waals surface area contributed by atoms with Gasteiger partial charge in [-0.25, -0.2) is 0 Å². The van der Waals surface area contributed by atoms with E-state index in [0.29, 0.717) is 10.8 Å². The van der Waals surface area contributed by atoms with Crippen LogP contribution in [0.15, 0.2) is 22.8 Å². The van der Waals surface area contributed by atoms with Crippen LogP contribution in [0.3, 0.4) is 0 Å². The van der Waals surface area contributed by atoms with Gasteiger partial charge in [-0.05, 0) is 117 Å². The molecule has 0 saturated heterocycles. The third-order valence-corrected chi connectivity index (χ3v) is 11.4. The lowest BCUT2D eigenvalue weighted by Crippen LogP contribution is -2.50. The molecule has 4 rings (SSSR count). The molecule has 0 aromatic heterocycles. The van der Waals surface area contributed by atoms with E-state index in [0.717, 1.165) is 41.9 Å². The van der Waals surface area contributed by atoms with Crippen molar-refractivity contribution in [3.05, 3.63) is 22.8 Å². The predicted octanol–water partition coefficient (Wildman–Crippen LogP) is 8.34. The summed E-state index contributed by atoms with van der Waals surface area (Å²) >= 11 is 0. The van der Waals surface area contributed by atoms with Gasteiger partial charge < -0.3 is 5.11 Å². The molecule has 4 aliphatic rings. The number of fused-ring (bicyclic) bond motifs is 5. The van der Waals surface area contributed by atoms with Crippen LogP contribution >= 0.6 is 0 Å². The highest BCUT2D eigenvalue weighted by Crippen LogP contribution is 2.67. The van der Waals surface area contributed by atoms with Crippen molar-refractivity contribution in [3.63, 3.8) is 0 Å². The fourth-order valence-electron chi connectivity index (χ4n) is 9.41. The topological polar surface area (TPSA) is 20.2 Å². The minimum Gasteiger partial charge on any atom is -0.392 e. The Hall–Kier alpha value is -0.560. The molecular weight excluding hydrogens is 376 g/mol. The summed E-state index contributed by atoms with van der Waals surface area (Å²) in [6, 6.07) is 0. The summed E-state index contributed by atoms with van der Waals surface area (Å²) in [7, 11) is 0. The second kappa shape index (κ2) is 9.00. The van der Waals surface area contributed by atoms with Gasteiger partial charge in [-0.15, -0.1) is 0 Å². The molecule has 3 saturated carbocycles. The first-order valence-corrected chi connectivity index (χ1v) is 13.7. The Kier molecular flexibility index (Phi) is 6.85. The predicted molar refractivity (Wildman–Crippen MR) is 133 cm³/mol.